The summed E-state index contributed by atoms with van der Waals surface area (Å²) in [5.74, 6) is -1.25. The van der Waals surface area contributed by atoms with E-state index in [0.717, 1.165) is 4.90 Å². The van der Waals surface area contributed by atoms with Crippen molar-refractivity contribution in [3.8, 4) is 0 Å². The molecular formula is C18H17F3N2O2S. The second kappa shape index (κ2) is 8.75. The van der Waals surface area contributed by atoms with Crippen LogP contribution >= 0.6 is 11.8 Å². The maximum Gasteiger partial charge on any atom is 0.405 e. The van der Waals surface area contributed by atoms with Gasteiger partial charge in [-0.15, -0.1) is 11.8 Å². The van der Waals surface area contributed by atoms with Crippen LogP contribution in [0.25, 0.3) is 0 Å². The maximum atomic E-state index is 12.4. The Morgan fingerprint density at radius 2 is 1.65 bits per heavy atom. The van der Waals surface area contributed by atoms with Gasteiger partial charge in [0.1, 0.15) is 6.54 Å². The summed E-state index contributed by atoms with van der Waals surface area (Å²) in [6, 6.07) is 15.2. The summed E-state index contributed by atoms with van der Waals surface area (Å²) in [5.41, 5.74) is 0.139. The topological polar surface area (TPSA) is 58.2 Å². The Bertz CT molecular complexity index is 767. The summed E-state index contributed by atoms with van der Waals surface area (Å²) >= 11 is 1.34. The molecule has 8 heteroatoms. The lowest BCUT2D eigenvalue weighted by molar-refractivity contribution is -0.123. The Hall–Kier alpha value is -2.48. The Morgan fingerprint density at radius 1 is 1.04 bits per heavy atom. The predicted molar refractivity (Wildman–Crippen MR) is 95.2 cm³/mol. The van der Waals surface area contributed by atoms with E-state index in [1.54, 1.807) is 18.3 Å². The molecule has 0 aliphatic heterocycles. The lowest BCUT2D eigenvalue weighted by atomic mass is 10.1. The standard InChI is InChI=1S/C18H17F3N2O2S/c1-12(26-13-7-3-2-4-8-13)16(24)23-15-10-6-5-9-14(15)17(25)22-11-18(19,20)21/h2-10,12H,11H2,1H3,(H,22,25)(H,23,24). The summed E-state index contributed by atoms with van der Waals surface area (Å²) in [7, 11) is 0. The number of carbonyl (C=O) groups is 2. The van der Waals surface area contributed by atoms with Gasteiger partial charge in [-0.3, -0.25) is 9.59 Å². The van der Waals surface area contributed by atoms with Crippen LogP contribution in [-0.2, 0) is 4.79 Å². The van der Waals surface area contributed by atoms with E-state index in [0.29, 0.717) is 0 Å². The van der Waals surface area contributed by atoms with E-state index in [1.807, 2.05) is 30.3 Å². The minimum absolute atomic E-state index is 0.0259. The van der Waals surface area contributed by atoms with Crippen molar-refractivity contribution in [2.75, 3.05) is 11.9 Å². The van der Waals surface area contributed by atoms with Crippen LogP contribution in [-0.4, -0.2) is 29.8 Å². The van der Waals surface area contributed by atoms with E-state index in [9.17, 15) is 22.8 Å². The van der Waals surface area contributed by atoms with Crippen molar-refractivity contribution in [3.05, 3.63) is 60.2 Å². The molecule has 0 saturated carbocycles. The molecule has 0 fully saturated rings. The average Bonchev–Trinajstić information content (AvgIpc) is 2.60. The highest BCUT2D eigenvalue weighted by Crippen LogP contribution is 2.24. The third-order valence-electron chi connectivity index (χ3n) is 3.30. The van der Waals surface area contributed by atoms with Crippen LogP contribution in [0.2, 0.25) is 0 Å². The molecule has 1 atom stereocenters. The van der Waals surface area contributed by atoms with Gasteiger partial charge in [0.15, 0.2) is 0 Å². The molecule has 1 unspecified atom stereocenters. The molecule has 2 N–H and O–H groups in total. The fraction of sp³-hybridized carbons (Fsp3) is 0.222. The number of carbonyl (C=O) groups excluding carboxylic acids is 2. The predicted octanol–water partition coefficient (Wildman–Crippen LogP) is 4.10. The van der Waals surface area contributed by atoms with Crippen LogP contribution in [0.5, 0.6) is 0 Å². The third-order valence-corrected chi connectivity index (χ3v) is 4.42. The number of rotatable bonds is 6. The molecular weight excluding hydrogens is 365 g/mol. The lowest BCUT2D eigenvalue weighted by Gasteiger charge is -2.15. The van der Waals surface area contributed by atoms with Crippen LogP contribution in [0, 0.1) is 0 Å². The number of para-hydroxylation sites is 1. The Labute approximate surface area is 153 Å². The summed E-state index contributed by atoms with van der Waals surface area (Å²) < 4.78 is 36.8. The molecule has 2 amide bonds. The summed E-state index contributed by atoms with van der Waals surface area (Å²) in [6.45, 7) is 0.272. The van der Waals surface area contributed by atoms with Crippen molar-refractivity contribution in [1.29, 1.82) is 0 Å². The molecule has 2 aromatic rings. The van der Waals surface area contributed by atoms with Gasteiger partial charge in [0.2, 0.25) is 5.91 Å². The molecule has 2 aromatic carbocycles. The van der Waals surface area contributed by atoms with E-state index in [4.69, 9.17) is 0 Å². The zero-order valence-corrected chi connectivity index (χ0v) is 14.7. The number of benzene rings is 2. The molecule has 138 valence electrons. The van der Waals surface area contributed by atoms with Crippen molar-refractivity contribution in [2.45, 2.75) is 23.2 Å². The Morgan fingerprint density at radius 3 is 2.31 bits per heavy atom. The fourth-order valence-electron chi connectivity index (χ4n) is 2.06. The van der Waals surface area contributed by atoms with Gasteiger partial charge in [-0.25, -0.2) is 0 Å². The average molecular weight is 382 g/mol. The number of halogens is 3. The van der Waals surface area contributed by atoms with E-state index in [2.05, 4.69) is 5.32 Å². The number of amides is 2. The van der Waals surface area contributed by atoms with E-state index >= 15 is 0 Å². The third kappa shape index (κ3) is 6.11. The van der Waals surface area contributed by atoms with Gasteiger partial charge >= 0.3 is 6.18 Å². The lowest BCUT2D eigenvalue weighted by Crippen LogP contribution is -2.34. The summed E-state index contributed by atoms with van der Waals surface area (Å²) in [6.07, 6.45) is -4.51. The van der Waals surface area contributed by atoms with Gasteiger partial charge in [0.25, 0.3) is 5.91 Å². The summed E-state index contributed by atoms with van der Waals surface area (Å²) in [4.78, 5) is 25.3. The first-order chi connectivity index (χ1) is 12.3. The van der Waals surface area contributed by atoms with Crippen LogP contribution in [0.1, 0.15) is 17.3 Å². The van der Waals surface area contributed by atoms with Gasteiger partial charge in [-0.2, -0.15) is 13.2 Å². The Kier molecular flexibility index (Phi) is 6.68. The maximum absolute atomic E-state index is 12.4. The van der Waals surface area contributed by atoms with Crippen LogP contribution < -0.4 is 10.6 Å². The first-order valence-corrected chi connectivity index (χ1v) is 8.61. The van der Waals surface area contributed by atoms with Crippen molar-refractivity contribution in [2.24, 2.45) is 0 Å². The molecule has 0 heterocycles. The van der Waals surface area contributed by atoms with Gasteiger partial charge in [-0.1, -0.05) is 30.3 Å². The van der Waals surface area contributed by atoms with Crippen molar-refractivity contribution < 1.29 is 22.8 Å². The second-order valence-electron chi connectivity index (χ2n) is 5.41. The second-order valence-corrected chi connectivity index (χ2v) is 6.82. The number of anilines is 1. The quantitative estimate of drug-likeness (QED) is 0.740. The molecule has 0 radical (unpaired) electrons. The minimum atomic E-state index is -4.51. The highest BCUT2D eigenvalue weighted by Gasteiger charge is 2.28. The van der Waals surface area contributed by atoms with E-state index < -0.39 is 23.9 Å². The normalized spacial score (nSPS) is 12.3. The number of thioether (sulfide) groups is 1. The number of hydrogen-bond donors (Lipinski definition) is 2. The SMILES string of the molecule is CC(Sc1ccccc1)C(=O)Nc1ccccc1C(=O)NCC(F)(F)F. The van der Waals surface area contributed by atoms with Gasteiger partial charge in [-0.05, 0) is 31.2 Å². The molecule has 4 nitrogen and oxygen atoms in total. The van der Waals surface area contributed by atoms with Crippen molar-refractivity contribution >= 4 is 29.3 Å². The smallest absolute Gasteiger partial charge is 0.343 e. The van der Waals surface area contributed by atoms with Crippen LogP contribution in [0.3, 0.4) is 0 Å². The van der Waals surface area contributed by atoms with Crippen LogP contribution in [0.4, 0.5) is 18.9 Å². The zero-order valence-electron chi connectivity index (χ0n) is 13.8. The molecule has 0 bridgehead atoms. The van der Waals surface area contributed by atoms with Gasteiger partial charge < -0.3 is 10.6 Å². The largest absolute Gasteiger partial charge is 0.405 e. The Balaban J connectivity index is 2.04. The zero-order chi connectivity index (χ0) is 19.2. The van der Waals surface area contributed by atoms with E-state index in [-0.39, 0.29) is 17.2 Å². The molecule has 0 saturated heterocycles. The number of alkyl halides is 3. The fourth-order valence-corrected chi connectivity index (χ4v) is 2.95. The summed E-state index contributed by atoms with van der Waals surface area (Å²) in [5, 5.41) is 3.95. The van der Waals surface area contributed by atoms with Crippen LogP contribution in [0.15, 0.2) is 59.5 Å². The van der Waals surface area contributed by atoms with Crippen molar-refractivity contribution in [3.63, 3.8) is 0 Å². The number of hydrogen-bond acceptors (Lipinski definition) is 3. The number of nitrogens with one attached hydrogen (secondary N) is 2. The molecule has 0 spiro atoms. The molecule has 2 rings (SSSR count). The first kappa shape index (κ1) is 19.8. The first-order valence-electron chi connectivity index (χ1n) is 7.73. The molecule has 26 heavy (non-hydrogen) atoms. The van der Waals surface area contributed by atoms with Crippen molar-refractivity contribution in [1.82, 2.24) is 5.32 Å². The van der Waals surface area contributed by atoms with Gasteiger partial charge in [0, 0.05) is 4.90 Å². The monoisotopic (exact) mass is 382 g/mol. The molecule has 0 aliphatic carbocycles. The highest BCUT2D eigenvalue weighted by molar-refractivity contribution is 8.00. The molecule has 0 aliphatic rings. The van der Waals surface area contributed by atoms with Gasteiger partial charge in [0.05, 0.1) is 16.5 Å². The highest BCUT2D eigenvalue weighted by atomic mass is 32.2. The minimum Gasteiger partial charge on any atom is -0.343 e. The van der Waals surface area contributed by atoms with E-state index in [1.165, 1.54) is 30.0 Å². The molecule has 0 aromatic heterocycles.